The lowest BCUT2D eigenvalue weighted by Crippen LogP contribution is -2.36. The van der Waals surface area contributed by atoms with Crippen LogP contribution in [0.3, 0.4) is 0 Å². The van der Waals surface area contributed by atoms with Crippen LogP contribution in [-0.2, 0) is 17.7 Å². The molecule has 6 nitrogen and oxygen atoms in total. The van der Waals surface area contributed by atoms with E-state index in [9.17, 15) is 14.5 Å². The summed E-state index contributed by atoms with van der Waals surface area (Å²) < 4.78 is 18.8. The van der Waals surface area contributed by atoms with Gasteiger partial charge in [-0.05, 0) is 78.8 Å². The summed E-state index contributed by atoms with van der Waals surface area (Å²) in [7, 11) is 1.66. The predicted molar refractivity (Wildman–Crippen MR) is 127 cm³/mol. The molecule has 3 unspecified atom stereocenters. The SMILES string of the molecule is COc1cc(C)c2c(ccn2C(=O)O)c1CN1CCC(C)CC1c1ccc([S+](C)[O-])cc1. The van der Waals surface area contributed by atoms with E-state index in [1.165, 1.54) is 10.1 Å². The van der Waals surface area contributed by atoms with Gasteiger partial charge in [0.25, 0.3) is 0 Å². The molecule has 0 bridgehead atoms. The molecule has 1 aliphatic heterocycles. The number of methoxy groups -OCH3 is 1. The first kappa shape index (κ1) is 22.7. The minimum Gasteiger partial charge on any atom is -0.612 e. The molecule has 0 aliphatic carbocycles. The highest BCUT2D eigenvalue weighted by Crippen LogP contribution is 2.39. The highest BCUT2D eigenvalue weighted by atomic mass is 32.2. The van der Waals surface area contributed by atoms with Crippen LogP contribution >= 0.6 is 0 Å². The van der Waals surface area contributed by atoms with Crippen LogP contribution in [0.4, 0.5) is 4.79 Å². The van der Waals surface area contributed by atoms with Crippen LogP contribution in [0.5, 0.6) is 5.75 Å². The van der Waals surface area contributed by atoms with Crippen LogP contribution in [0, 0.1) is 12.8 Å². The highest BCUT2D eigenvalue weighted by molar-refractivity contribution is 7.90. The molecule has 1 N–H and O–H groups in total. The van der Waals surface area contributed by atoms with Crippen molar-refractivity contribution in [3.8, 4) is 5.75 Å². The number of aryl methyl sites for hydroxylation is 1. The second-order valence-electron chi connectivity index (χ2n) is 8.74. The topological polar surface area (TPSA) is 77.8 Å². The molecule has 7 heteroatoms. The predicted octanol–water partition coefficient (Wildman–Crippen LogP) is 5.20. The lowest BCUT2D eigenvalue weighted by atomic mass is 9.87. The van der Waals surface area contributed by atoms with Gasteiger partial charge < -0.3 is 14.4 Å². The van der Waals surface area contributed by atoms with Crippen molar-refractivity contribution in [3.63, 3.8) is 0 Å². The first-order chi connectivity index (χ1) is 15.3. The zero-order valence-corrected chi connectivity index (χ0v) is 19.8. The van der Waals surface area contributed by atoms with E-state index < -0.39 is 17.3 Å². The molecule has 0 radical (unpaired) electrons. The first-order valence-corrected chi connectivity index (χ1v) is 12.4. The van der Waals surface area contributed by atoms with E-state index in [1.54, 1.807) is 19.6 Å². The van der Waals surface area contributed by atoms with Crippen LogP contribution in [-0.4, -0.2) is 45.1 Å². The number of benzene rings is 2. The van der Waals surface area contributed by atoms with Gasteiger partial charge in [-0.1, -0.05) is 19.1 Å². The Morgan fingerprint density at radius 1 is 1.28 bits per heavy atom. The number of ether oxygens (including phenoxy) is 1. The third-order valence-corrected chi connectivity index (χ3v) is 7.53. The van der Waals surface area contributed by atoms with Gasteiger partial charge in [-0.15, -0.1) is 0 Å². The van der Waals surface area contributed by atoms with Crippen LogP contribution in [0.25, 0.3) is 10.9 Å². The third-order valence-electron chi connectivity index (χ3n) is 6.59. The van der Waals surface area contributed by atoms with Gasteiger partial charge in [0.05, 0.1) is 12.6 Å². The molecule has 1 saturated heterocycles. The summed E-state index contributed by atoms with van der Waals surface area (Å²) in [6, 6.07) is 12.2. The third kappa shape index (κ3) is 4.25. The van der Waals surface area contributed by atoms with Crippen molar-refractivity contribution < 1.29 is 19.2 Å². The summed E-state index contributed by atoms with van der Waals surface area (Å²) in [4.78, 5) is 15.0. The number of likely N-dealkylation sites (tertiary alicyclic amines) is 1. The number of piperidine rings is 1. The maximum absolute atomic E-state index is 11.8. The molecule has 0 spiro atoms. The van der Waals surface area contributed by atoms with Crippen molar-refractivity contribution in [2.75, 3.05) is 19.9 Å². The van der Waals surface area contributed by atoms with Gasteiger partial charge >= 0.3 is 6.09 Å². The van der Waals surface area contributed by atoms with Crippen molar-refractivity contribution in [2.45, 2.75) is 44.2 Å². The van der Waals surface area contributed by atoms with Gasteiger partial charge in [0.15, 0.2) is 4.90 Å². The summed E-state index contributed by atoms with van der Waals surface area (Å²) >= 11 is -0.994. The van der Waals surface area contributed by atoms with Gasteiger partial charge in [-0.2, -0.15) is 0 Å². The van der Waals surface area contributed by atoms with Crippen LogP contribution in [0.1, 0.15) is 42.5 Å². The number of carbonyl (C=O) groups is 1. The molecule has 2 heterocycles. The molecule has 1 fully saturated rings. The molecule has 3 aromatic rings. The maximum atomic E-state index is 11.8. The maximum Gasteiger partial charge on any atom is 0.416 e. The molecule has 1 aromatic heterocycles. The summed E-state index contributed by atoms with van der Waals surface area (Å²) in [5.41, 5.74) is 3.82. The summed E-state index contributed by atoms with van der Waals surface area (Å²) in [5, 5.41) is 10.5. The number of fused-ring (bicyclic) bond motifs is 1. The zero-order valence-electron chi connectivity index (χ0n) is 19.0. The lowest BCUT2D eigenvalue weighted by Gasteiger charge is -2.39. The Kier molecular flexibility index (Phi) is 6.51. The normalized spacial score (nSPS) is 20.4. The second-order valence-corrected chi connectivity index (χ2v) is 10.1. The van der Waals surface area contributed by atoms with Gasteiger partial charge in [0.2, 0.25) is 0 Å². The zero-order chi connectivity index (χ0) is 23.0. The molecular weight excluding hydrogens is 424 g/mol. The Balaban J connectivity index is 1.74. The van der Waals surface area contributed by atoms with E-state index in [1.807, 2.05) is 31.2 Å². The van der Waals surface area contributed by atoms with Crippen LogP contribution in [0.15, 0.2) is 47.5 Å². The van der Waals surface area contributed by atoms with Crippen molar-refractivity contribution in [1.29, 1.82) is 0 Å². The lowest BCUT2D eigenvalue weighted by molar-refractivity contribution is 0.110. The van der Waals surface area contributed by atoms with Crippen LogP contribution in [0.2, 0.25) is 0 Å². The van der Waals surface area contributed by atoms with E-state index in [0.29, 0.717) is 18.0 Å². The van der Waals surface area contributed by atoms with E-state index in [-0.39, 0.29) is 6.04 Å². The number of hydrogen-bond acceptors (Lipinski definition) is 4. The molecule has 170 valence electrons. The number of hydrogen-bond donors (Lipinski definition) is 1. The van der Waals surface area contributed by atoms with Crippen molar-refractivity contribution in [3.05, 3.63) is 59.3 Å². The Bertz CT molecular complexity index is 1120. The first-order valence-electron chi connectivity index (χ1n) is 10.9. The summed E-state index contributed by atoms with van der Waals surface area (Å²) in [6.07, 6.45) is 4.48. The van der Waals surface area contributed by atoms with E-state index >= 15 is 0 Å². The summed E-state index contributed by atoms with van der Waals surface area (Å²) in [5.74, 6) is 1.40. The number of nitrogens with zero attached hydrogens (tertiary/aromatic N) is 2. The Hall–Kier alpha value is -2.48. The van der Waals surface area contributed by atoms with Gasteiger partial charge in [-0.3, -0.25) is 9.47 Å². The Morgan fingerprint density at radius 3 is 2.62 bits per heavy atom. The molecule has 1 aliphatic rings. The average Bonchev–Trinajstić information content (AvgIpc) is 3.23. The molecule has 3 atom stereocenters. The fourth-order valence-electron chi connectivity index (χ4n) is 4.88. The van der Waals surface area contributed by atoms with Crippen molar-refractivity contribution in [2.24, 2.45) is 5.92 Å². The molecule has 0 amide bonds. The van der Waals surface area contributed by atoms with Crippen molar-refractivity contribution >= 4 is 28.2 Å². The Morgan fingerprint density at radius 2 is 2.00 bits per heavy atom. The average molecular weight is 455 g/mol. The quantitative estimate of drug-likeness (QED) is 0.537. The Labute approximate surface area is 192 Å². The number of rotatable bonds is 5. The molecule has 4 rings (SSSR count). The van der Waals surface area contributed by atoms with E-state index in [4.69, 9.17) is 4.74 Å². The molecule has 2 aromatic carbocycles. The summed E-state index contributed by atoms with van der Waals surface area (Å²) in [6.45, 7) is 5.82. The second kappa shape index (κ2) is 9.17. The standard InChI is InChI=1S/C25H30N2O4S/c1-16-9-11-26(22(13-16)18-5-7-19(8-6-18)32(4)30)15-21-20-10-12-27(25(28)29)24(20)17(2)14-23(21)31-3/h5-8,10,12,14,16,22H,9,11,13,15H2,1-4H3,(H,28,29). The van der Waals surface area contributed by atoms with E-state index in [2.05, 4.69) is 24.0 Å². The minimum absolute atomic E-state index is 0.237. The van der Waals surface area contributed by atoms with Gasteiger partial charge in [0, 0.05) is 29.7 Å². The highest BCUT2D eigenvalue weighted by Gasteiger charge is 2.29. The number of carboxylic acid groups (broad SMARTS) is 1. The van der Waals surface area contributed by atoms with Crippen molar-refractivity contribution in [1.82, 2.24) is 9.47 Å². The molecule has 32 heavy (non-hydrogen) atoms. The smallest absolute Gasteiger partial charge is 0.416 e. The van der Waals surface area contributed by atoms with Gasteiger partial charge in [0.1, 0.15) is 12.0 Å². The monoisotopic (exact) mass is 454 g/mol. The molecular formula is C25H30N2O4S. The fourth-order valence-corrected chi connectivity index (χ4v) is 5.40. The largest absolute Gasteiger partial charge is 0.612 e. The minimum atomic E-state index is -0.994. The van der Waals surface area contributed by atoms with Gasteiger partial charge in [-0.25, -0.2) is 4.79 Å². The van der Waals surface area contributed by atoms with E-state index in [0.717, 1.165) is 46.5 Å². The number of aromatic nitrogens is 1. The van der Waals surface area contributed by atoms with Crippen LogP contribution < -0.4 is 4.74 Å². The fraction of sp³-hybridized carbons (Fsp3) is 0.400. The molecule has 0 saturated carbocycles.